The number of ether oxygens (including phenoxy) is 3. The van der Waals surface area contributed by atoms with Crippen LogP contribution in [0.15, 0.2) is 36.4 Å². The Hall–Kier alpha value is -3.23. The minimum atomic E-state index is -0.455. The topological polar surface area (TPSA) is 105 Å². The lowest BCUT2D eigenvalue weighted by Gasteiger charge is -2.35. The van der Waals surface area contributed by atoms with Gasteiger partial charge in [-0.3, -0.25) is 15.4 Å². The van der Waals surface area contributed by atoms with Crippen molar-refractivity contribution in [3.63, 3.8) is 0 Å². The number of aromatic nitrogens is 1. The normalized spacial score (nSPS) is 18.7. The maximum atomic E-state index is 12.4. The molecule has 33 heavy (non-hydrogen) atoms. The summed E-state index contributed by atoms with van der Waals surface area (Å²) in [6.07, 6.45) is 0.488. The van der Waals surface area contributed by atoms with Gasteiger partial charge in [0.1, 0.15) is 6.04 Å². The van der Waals surface area contributed by atoms with Crippen molar-refractivity contribution in [2.75, 3.05) is 21.3 Å². The number of methoxy groups -OCH3 is 3. The first kappa shape index (κ1) is 22.9. The quantitative estimate of drug-likeness (QED) is 0.407. The van der Waals surface area contributed by atoms with Gasteiger partial charge in [-0.25, -0.2) is 0 Å². The zero-order chi connectivity index (χ0) is 23.7. The number of benzene rings is 2. The van der Waals surface area contributed by atoms with E-state index in [1.165, 1.54) is 26.9 Å². The molecule has 1 aliphatic heterocycles. The van der Waals surface area contributed by atoms with E-state index in [0.717, 1.165) is 22.2 Å². The van der Waals surface area contributed by atoms with Crippen LogP contribution in [-0.4, -0.2) is 49.6 Å². The SMILES string of the molecule is COC(=O)[C@H](N[C@@H]1Cc2c([nH]c3ccccc23)[C@@H](c2cc(OC)c(O)c(OC)c2)N1)C(C)C. The Balaban J connectivity index is 1.81. The van der Waals surface area contributed by atoms with Crippen molar-refractivity contribution in [3.05, 3.63) is 53.2 Å². The van der Waals surface area contributed by atoms with Crippen molar-refractivity contribution < 1.29 is 24.1 Å². The molecule has 0 saturated heterocycles. The smallest absolute Gasteiger partial charge is 0.323 e. The summed E-state index contributed by atoms with van der Waals surface area (Å²) in [7, 11) is 4.42. The molecule has 0 radical (unpaired) electrons. The van der Waals surface area contributed by atoms with E-state index < -0.39 is 6.04 Å². The molecule has 2 aromatic carbocycles. The van der Waals surface area contributed by atoms with E-state index in [1.54, 1.807) is 12.1 Å². The number of aromatic hydroxyl groups is 1. The van der Waals surface area contributed by atoms with Gasteiger partial charge in [-0.1, -0.05) is 32.0 Å². The summed E-state index contributed by atoms with van der Waals surface area (Å²) < 4.78 is 15.8. The summed E-state index contributed by atoms with van der Waals surface area (Å²) in [6, 6.07) is 11.1. The Morgan fingerprint density at radius 1 is 1.12 bits per heavy atom. The molecule has 0 spiro atoms. The molecule has 8 heteroatoms. The number of esters is 1. The minimum Gasteiger partial charge on any atom is -0.502 e. The van der Waals surface area contributed by atoms with Gasteiger partial charge < -0.3 is 24.3 Å². The number of para-hydroxylation sites is 1. The van der Waals surface area contributed by atoms with Crippen LogP contribution >= 0.6 is 0 Å². The van der Waals surface area contributed by atoms with Gasteiger partial charge in [0, 0.05) is 23.0 Å². The summed E-state index contributed by atoms with van der Waals surface area (Å²) in [4.78, 5) is 16.0. The first-order valence-corrected chi connectivity index (χ1v) is 11.0. The van der Waals surface area contributed by atoms with Gasteiger partial charge in [0.05, 0.1) is 33.5 Å². The summed E-state index contributed by atoms with van der Waals surface area (Å²) in [5, 5.41) is 18.6. The minimum absolute atomic E-state index is 0.0448. The third-order valence-corrected chi connectivity index (χ3v) is 6.25. The Bertz CT molecular complexity index is 1130. The van der Waals surface area contributed by atoms with Gasteiger partial charge in [-0.2, -0.15) is 0 Å². The van der Waals surface area contributed by atoms with Crippen molar-refractivity contribution in [3.8, 4) is 17.2 Å². The monoisotopic (exact) mass is 453 g/mol. The molecule has 0 aliphatic carbocycles. The average molecular weight is 454 g/mol. The summed E-state index contributed by atoms with van der Waals surface area (Å²) in [6.45, 7) is 3.98. The summed E-state index contributed by atoms with van der Waals surface area (Å²) in [5.74, 6) is 0.371. The second kappa shape index (κ2) is 9.33. The molecule has 4 rings (SSSR count). The van der Waals surface area contributed by atoms with E-state index in [0.29, 0.717) is 17.9 Å². The van der Waals surface area contributed by atoms with E-state index in [1.807, 2.05) is 26.0 Å². The van der Waals surface area contributed by atoms with Gasteiger partial charge in [0.25, 0.3) is 0 Å². The van der Waals surface area contributed by atoms with Gasteiger partial charge in [-0.05, 0) is 35.2 Å². The number of nitrogens with one attached hydrogen (secondary N) is 3. The Morgan fingerprint density at radius 2 is 1.79 bits per heavy atom. The van der Waals surface area contributed by atoms with Crippen LogP contribution in [0.5, 0.6) is 17.2 Å². The second-order valence-electron chi connectivity index (χ2n) is 8.60. The lowest BCUT2D eigenvalue weighted by molar-refractivity contribution is -0.144. The largest absolute Gasteiger partial charge is 0.502 e. The zero-order valence-corrected chi connectivity index (χ0v) is 19.6. The number of H-pyrrole nitrogens is 1. The predicted octanol–water partition coefficient (Wildman–Crippen LogP) is 3.24. The molecule has 1 aromatic heterocycles. The molecule has 176 valence electrons. The highest BCUT2D eigenvalue weighted by Gasteiger charge is 2.34. The molecule has 4 N–H and O–H groups in total. The lowest BCUT2D eigenvalue weighted by Crippen LogP contribution is -2.56. The zero-order valence-electron chi connectivity index (χ0n) is 19.6. The van der Waals surface area contributed by atoms with E-state index in [-0.39, 0.29) is 29.8 Å². The fourth-order valence-electron chi connectivity index (χ4n) is 4.56. The third kappa shape index (κ3) is 4.24. The molecule has 0 bridgehead atoms. The molecule has 0 amide bonds. The average Bonchev–Trinajstić information content (AvgIpc) is 3.20. The molecule has 3 aromatic rings. The Labute approximate surface area is 193 Å². The number of fused-ring (bicyclic) bond motifs is 3. The summed E-state index contributed by atoms with van der Waals surface area (Å²) >= 11 is 0. The van der Waals surface area contributed by atoms with Crippen molar-refractivity contribution in [2.24, 2.45) is 5.92 Å². The highest BCUT2D eigenvalue weighted by molar-refractivity contribution is 5.85. The summed E-state index contributed by atoms with van der Waals surface area (Å²) in [5.41, 5.74) is 4.11. The Morgan fingerprint density at radius 3 is 2.39 bits per heavy atom. The van der Waals surface area contributed by atoms with E-state index in [2.05, 4.69) is 27.8 Å². The molecule has 8 nitrogen and oxygen atoms in total. The lowest BCUT2D eigenvalue weighted by atomic mass is 9.91. The molecule has 0 saturated carbocycles. The first-order valence-electron chi connectivity index (χ1n) is 11.0. The van der Waals surface area contributed by atoms with Gasteiger partial charge in [0.15, 0.2) is 11.5 Å². The maximum Gasteiger partial charge on any atom is 0.323 e. The highest BCUT2D eigenvalue weighted by atomic mass is 16.5. The number of phenolic OH excluding ortho intramolecular Hbond substituents is 1. The number of rotatable bonds is 7. The fourth-order valence-corrected chi connectivity index (χ4v) is 4.56. The number of hydrogen-bond donors (Lipinski definition) is 4. The molecule has 2 heterocycles. The van der Waals surface area contributed by atoms with Crippen LogP contribution in [0.2, 0.25) is 0 Å². The Kier molecular flexibility index (Phi) is 6.49. The van der Waals surface area contributed by atoms with Crippen molar-refractivity contribution in [1.29, 1.82) is 0 Å². The number of aromatic amines is 1. The number of phenols is 1. The number of carbonyl (C=O) groups is 1. The van der Waals surface area contributed by atoms with Crippen molar-refractivity contribution >= 4 is 16.9 Å². The van der Waals surface area contributed by atoms with Crippen molar-refractivity contribution in [1.82, 2.24) is 15.6 Å². The fraction of sp³-hybridized carbons (Fsp3) is 0.400. The third-order valence-electron chi connectivity index (χ3n) is 6.25. The molecule has 3 atom stereocenters. The highest BCUT2D eigenvalue weighted by Crippen LogP contribution is 2.42. The number of hydrogen-bond acceptors (Lipinski definition) is 7. The maximum absolute atomic E-state index is 12.4. The van der Waals surface area contributed by atoms with Gasteiger partial charge >= 0.3 is 5.97 Å². The molecule has 0 fully saturated rings. The molecule has 0 unspecified atom stereocenters. The van der Waals surface area contributed by atoms with Crippen LogP contribution in [-0.2, 0) is 16.0 Å². The standard InChI is InChI=1S/C25H31N3O5/c1-13(2)21(25(30)33-5)27-20-12-16-15-8-6-7-9-17(15)26-23(16)22(28-20)14-10-18(31-3)24(29)19(11-14)32-4/h6-11,13,20-22,26-29H,12H2,1-5H3/t20-,21+,22+/m0/s1. The second-order valence-corrected chi connectivity index (χ2v) is 8.60. The predicted molar refractivity (Wildman–Crippen MR) is 126 cm³/mol. The molecular formula is C25H31N3O5. The number of carbonyl (C=O) groups excluding carboxylic acids is 1. The van der Waals surface area contributed by atoms with Gasteiger partial charge in [0.2, 0.25) is 5.75 Å². The van der Waals surface area contributed by atoms with Crippen LogP contribution in [0.1, 0.15) is 36.7 Å². The van der Waals surface area contributed by atoms with E-state index in [4.69, 9.17) is 14.2 Å². The molecule has 1 aliphatic rings. The molecular weight excluding hydrogens is 422 g/mol. The van der Waals surface area contributed by atoms with Crippen LogP contribution < -0.4 is 20.1 Å². The van der Waals surface area contributed by atoms with Gasteiger partial charge in [-0.15, -0.1) is 0 Å². The van der Waals surface area contributed by atoms with Crippen LogP contribution in [0, 0.1) is 5.92 Å². The van der Waals surface area contributed by atoms with Crippen LogP contribution in [0.3, 0.4) is 0 Å². The van der Waals surface area contributed by atoms with E-state index in [9.17, 15) is 9.90 Å². The van der Waals surface area contributed by atoms with Crippen LogP contribution in [0.25, 0.3) is 10.9 Å². The van der Waals surface area contributed by atoms with E-state index >= 15 is 0 Å². The van der Waals surface area contributed by atoms with Crippen molar-refractivity contribution in [2.45, 2.75) is 38.5 Å². The first-order chi connectivity index (χ1) is 15.9. The van der Waals surface area contributed by atoms with Crippen LogP contribution in [0.4, 0.5) is 0 Å².